The number of hydrogen-bond donors (Lipinski definition) is 0. The zero-order valence-electron chi connectivity index (χ0n) is 32.1. The SMILES string of the molecule is Cc1cc(N(c2ccc(-c3ccccc3)cc2)c2ccc3c(c2)C(C)(C)c2ccccc2-3)cc(C2(c3ccccc3)C3=C(C=CC(C)C3)c3ccccc32)c1. The van der Waals surface area contributed by atoms with Gasteiger partial charge in [0.2, 0.25) is 0 Å². The number of aryl methyl sites for hydroxylation is 1. The summed E-state index contributed by atoms with van der Waals surface area (Å²) >= 11 is 0. The highest BCUT2D eigenvalue weighted by Crippen LogP contribution is 2.59. The molecular weight excluding hydrogens is 663 g/mol. The predicted octanol–water partition coefficient (Wildman–Crippen LogP) is 14.1. The van der Waals surface area contributed by atoms with E-state index in [9.17, 15) is 0 Å². The average molecular weight is 708 g/mol. The maximum Gasteiger partial charge on any atom is 0.0677 e. The Hall–Kier alpha value is -6.18. The van der Waals surface area contributed by atoms with Crippen molar-refractivity contribution in [3.05, 3.63) is 227 Å². The molecule has 0 aromatic heterocycles. The molecule has 2 unspecified atom stereocenters. The van der Waals surface area contributed by atoms with E-state index in [4.69, 9.17) is 0 Å². The molecule has 0 amide bonds. The van der Waals surface area contributed by atoms with Gasteiger partial charge in [-0.3, -0.25) is 0 Å². The highest BCUT2D eigenvalue weighted by Gasteiger charge is 2.48. The molecule has 10 rings (SSSR count). The zero-order valence-corrected chi connectivity index (χ0v) is 32.1. The van der Waals surface area contributed by atoms with Crippen LogP contribution < -0.4 is 4.90 Å². The van der Waals surface area contributed by atoms with Crippen molar-refractivity contribution in [3.63, 3.8) is 0 Å². The number of rotatable bonds is 6. The fraction of sp³-hybridized carbons (Fsp3) is 0.148. The molecule has 0 saturated heterocycles. The third-order valence-corrected chi connectivity index (χ3v) is 12.5. The second kappa shape index (κ2) is 12.7. The van der Waals surface area contributed by atoms with Crippen molar-refractivity contribution >= 4 is 22.6 Å². The molecule has 1 nitrogen and oxygen atoms in total. The lowest BCUT2D eigenvalue weighted by molar-refractivity contribution is 0.622. The topological polar surface area (TPSA) is 3.24 Å². The quantitative estimate of drug-likeness (QED) is 0.166. The lowest BCUT2D eigenvalue weighted by Crippen LogP contribution is -2.31. The maximum atomic E-state index is 2.49. The van der Waals surface area contributed by atoms with Crippen LogP contribution in [0.3, 0.4) is 0 Å². The molecule has 55 heavy (non-hydrogen) atoms. The maximum absolute atomic E-state index is 2.49. The molecule has 3 aliphatic carbocycles. The minimum absolute atomic E-state index is 0.110. The fourth-order valence-electron chi connectivity index (χ4n) is 10.0. The summed E-state index contributed by atoms with van der Waals surface area (Å²) in [5.41, 5.74) is 20.3. The molecule has 7 aromatic carbocycles. The summed E-state index contributed by atoms with van der Waals surface area (Å²) in [6.07, 6.45) is 5.81. The van der Waals surface area contributed by atoms with E-state index in [1.54, 1.807) is 0 Å². The van der Waals surface area contributed by atoms with Crippen molar-refractivity contribution in [2.75, 3.05) is 4.90 Å². The largest absolute Gasteiger partial charge is 0.310 e. The Kier molecular flexibility index (Phi) is 7.72. The molecule has 7 aromatic rings. The van der Waals surface area contributed by atoms with Gasteiger partial charge in [-0.2, -0.15) is 0 Å². The Morgan fingerprint density at radius 2 is 1.13 bits per heavy atom. The highest BCUT2D eigenvalue weighted by atomic mass is 15.1. The molecular formula is C54H45N. The van der Waals surface area contributed by atoms with E-state index in [1.807, 2.05) is 0 Å². The van der Waals surface area contributed by atoms with Crippen LogP contribution in [0.5, 0.6) is 0 Å². The first-order valence-electron chi connectivity index (χ1n) is 19.7. The predicted molar refractivity (Wildman–Crippen MR) is 231 cm³/mol. The summed E-state index contributed by atoms with van der Waals surface area (Å²) in [6.45, 7) is 9.37. The summed E-state index contributed by atoms with van der Waals surface area (Å²) in [5, 5.41) is 0. The highest BCUT2D eigenvalue weighted by molar-refractivity contribution is 5.92. The molecule has 0 N–H and O–H groups in total. The van der Waals surface area contributed by atoms with Crippen molar-refractivity contribution in [1.29, 1.82) is 0 Å². The van der Waals surface area contributed by atoms with Crippen LogP contribution in [0.1, 0.15) is 66.1 Å². The molecule has 0 bridgehead atoms. The molecule has 0 saturated carbocycles. The van der Waals surface area contributed by atoms with Crippen LogP contribution in [-0.2, 0) is 10.8 Å². The average Bonchev–Trinajstić information content (AvgIpc) is 3.64. The van der Waals surface area contributed by atoms with Crippen LogP contribution in [0.15, 0.2) is 188 Å². The molecule has 0 spiro atoms. The third kappa shape index (κ3) is 5.14. The van der Waals surface area contributed by atoms with Gasteiger partial charge in [0, 0.05) is 22.5 Å². The first kappa shape index (κ1) is 33.4. The van der Waals surface area contributed by atoms with Crippen LogP contribution in [0.4, 0.5) is 17.1 Å². The van der Waals surface area contributed by atoms with Gasteiger partial charge in [-0.15, -0.1) is 0 Å². The Bertz CT molecular complexity index is 2660. The van der Waals surface area contributed by atoms with Gasteiger partial charge >= 0.3 is 0 Å². The smallest absolute Gasteiger partial charge is 0.0677 e. The Labute approximate surface area is 326 Å². The zero-order chi connectivity index (χ0) is 37.3. The number of fused-ring (bicyclic) bond motifs is 5. The number of anilines is 3. The van der Waals surface area contributed by atoms with Crippen LogP contribution in [-0.4, -0.2) is 0 Å². The van der Waals surface area contributed by atoms with Gasteiger partial charge in [0.15, 0.2) is 0 Å². The second-order valence-electron chi connectivity index (χ2n) is 16.3. The first-order valence-corrected chi connectivity index (χ1v) is 19.7. The minimum Gasteiger partial charge on any atom is -0.310 e. The van der Waals surface area contributed by atoms with E-state index >= 15 is 0 Å². The van der Waals surface area contributed by atoms with E-state index in [1.165, 1.54) is 78.0 Å². The van der Waals surface area contributed by atoms with Crippen molar-refractivity contribution in [1.82, 2.24) is 0 Å². The van der Waals surface area contributed by atoms with Gasteiger partial charge in [-0.25, -0.2) is 0 Å². The van der Waals surface area contributed by atoms with E-state index in [0.717, 1.165) is 17.8 Å². The monoisotopic (exact) mass is 707 g/mol. The van der Waals surface area contributed by atoms with Crippen molar-refractivity contribution in [2.24, 2.45) is 5.92 Å². The second-order valence-corrected chi connectivity index (χ2v) is 16.3. The molecule has 2 atom stereocenters. The standard InChI is InChI=1S/C54H45N/c1-36-23-29-48-46-20-12-14-22-50(46)54(52(48)33-36,40-17-9-6-10-18-40)41-31-37(2)32-44(34-41)55(42-26-24-39(25-27-42)38-15-7-5-8-16-38)43-28-30-47-45-19-11-13-21-49(45)53(3,4)51(47)35-43/h5-32,34-36H,33H2,1-4H3. The van der Waals surface area contributed by atoms with E-state index < -0.39 is 5.41 Å². The van der Waals surface area contributed by atoms with Crippen LogP contribution in [0.2, 0.25) is 0 Å². The molecule has 1 heteroatoms. The molecule has 0 radical (unpaired) electrons. The normalized spacial score (nSPS) is 18.7. The summed E-state index contributed by atoms with van der Waals surface area (Å²) in [4.78, 5) is 2.49. The van der Waals surface area contributed by atoms with Gasteiger partial charge < -0.3 is 4.90 Å². The summed E-state index contributed by atoms with van der Waals surface area (Å²) in [6, 6.07) is 63.6. The van der Waals surface area contributed by atoms with Crippen LogP contribution in [0, 0.1) is 12.8 Å². The minimum atomic E-state index is -0.419. The van der Waals surface area contributed by atoms with Gasteiger partial charge in [0.05, 0.1) is 5.41 Å². The van der Waals surface area contributed by atoms with Gasteiger partial charge in [-0.05, 0) is 128 Å². The van der Waals surface area contributed by atoms with Crippen LogP contribution in [0.25, 0.3) is 27.8 Å². The Morgan fingerprint density at radius 3 is 1.89 bits per heavy atom. The fourth-order valence-corrected chi connectivity index (χ4v) is 10.0. The number of benzene rings is 7. The van der Waals surface area contributed by atoms with Gasteiger partial charge in [-0.1, -0.05) is 166 Å². The van der Waals surface area contributed by atoms with Crippen LogP contribution >= 0.6 is 0 Å². The summed E-state index contributed by atoms with van der Waals surface area (Å²) in [5.74, 6) is 0.457. The third-order valence-electron chi connectivity index (χ3n) is 12.5. The van der Waals surface area contributed by atoms with Crippen molar-refractivity contribution in [3.8, 4) is 22.3 Å². The van der Waals surface area contributed by atoms with Gasteiger partial charge in [0.1, 0.15) is 0 Å². The van der Waals surface area contributed by atoms with Crippen molar-refractivity contribution in [2.45, 2.75) is 44.9 Å². The molecule has 3 aliphatic rings. The van der Waals surface area contributed by atoms with Crippen molar-refractivity contribution < 1.29 is 0 Å². The number of nitrogens with zero attached hydrogens (tertiary/aromatic N) is 1. The van der Waals surface area contributed by atoms with E-state index in [2.05, 4.69) is 215 Å². The van der Waals surface area contributed by atoms with E-state index in [-0.39, 0.29) is 5.41 Å². The summed E-state index contributed by atoms with van der Waals surface area (Å²) < 4.78 is 0. The lowest BCUT2D eigenvalue weighted by Gasteiger charge is -2.38. The molecule has 0 fully saturated rings. The van der Waals surface area contributed by atoms with E-state index in [0.29, 0.717) is 5.92 Å². The first-order chi connectivity index (χ1) is 26.8. The Morgan fingerprint density at radius 1 is 0.509 bits per heavy atom. The summed E-state index contributed by atoms with van der Waals surface area (Å²) in [7, 11) is 0. The molecule has 266 valence electrons. The van der Waals surface area contributed by atoms with Gasteiger partial charge in [0.25, 0.3) is 0 Å². The number of allylic oxidation sites excluding steroid dienone is 4. The Balaban J connectivity index is 1.21. The lowest BCUT2D eigenvalue weighted by atomic mass is 9.64. The molecule has 0 heterocycles. The number of hydrogen-bond acceptors (Lipinski definition) is 1. The molecule has 0 aliphatic heterocycles.